The summed E-state index contributed by atoms with van der Waals surface area (Å²) < 4.78 is 0. The minimum absolute atomic E-state index is 0.0220. The Morgan fingerprint density at radius 1 is 1.12 bits per heavy atom. The number of carbonyl (C=O) groups excluding carboxylic acids is 1. The van der Waals surface area contributed by atoms with Gasteiger partial charge < -0.3 is 10.2 Å². The maximum Gasteiger partial charge on any atom is 0.251 e. The second kappa shape index (κ2) is 7.52. The van der Waals surface area contributed by atoms with E-state index in [4.69, 9.17) is 0 Å². The summed E-state index contributed by atoms with van der Waals surface area (Å²) in [5.41, 5.74) is 4.75. The minimum Gasteiger partial charge on any atom is -0.367 e. The molecule has 0 fully saturated rings. The molecule has 2 aromatic carbocycles. The van der Waals surface area contributed by atoms with Crippen LogP contribution in [-0.2, 0) is 13.0 Å². The summed E-state index contributed by atoms with van der Waals surface area (Å²) in [6, 6.07) is 16.6. The van der Waals surface area contributed by atoms with E-state index in [0.717, 1.165) is 38.0 Å². The largest absolute Gasteiger partial charge is 0.367 e. The molecule has 0 saturated heterocycles. The van der Waals surface area contributed by atoms with Gasteiger partial charge in [-0.25, -0.2) is 0 Å². The zero-order valence-electron chi connectivity index (χ0n) is 14.6. The summed E-state index contributed by atoms with van der Waals surface area (Å²) in [6.07, 6.45) is 2.13. The van der Waals surface area contributed by atoms with E-state index >= 15 is 0 Å². The summed E-state index contributed by atoms with van der Waals surface area (Å²) in [4.78, 5) is 14.5. The predicted molar refractivity (Wildman–Crippen MR) is 99.4 cm³/mol. The molecule has 0 radical (unpaired) electrons. The quantitative estimate of drug-likeness (QED) is 0.871. The van der Waals surface area contributed by atoms with Crippen LogP contribution >= 0.6 is 0 Å². The van der Waals surface area contributed by atoms with E-state index in [1.807, 2.05) is 12.1 Å². The number of nitrogens with zero attached hydrogens (tertiary/aromatic N) is 1. The number of carbonyl (C=O) groups is 1. The Kier molecular flexibility index (Phi) is 5.19. The molecule has 126 valence electrons. The van der Waals surface area contributed by atoms with Crippen LogP contribution in [0, 0.1) is 5.92 Å². The molecule has 0 aromatic heterocycles. The van der Waals surface area contributed by atoms with E-state index in [2.05, 4.69) is 60.5 Å². The van der Waals surface area contributed by atoms with Gasteiger partial charge in [-0.3, -0.25) is 4.79 Å². The topological polar surface area (TPSA) is 32.3 Å². The number of benzene rings is 2. The van der Waals surface area contributed by atoms with Crippen LogP contribution in [0.4, 0.5) is 5.69 Å². The average molecular weight is 322 g/mol. The monoisotopic (exact) mass is 322 g/mol. The molecular weight excluding hydrogens is 296 g/mol. The summed E-state index contributed by atoms with van der Waals surface area (Å²) in [5.74, 6) is 0.629. The third-order valence-corrected chi connectivity index (χ3v) is 4.58. The fraction of sp³-hybridized carbons (Fsp3) is 0.381. The van der Waals surface area contributed by atoms with Crippen LogP contribution in [0.2, 0.25) is 0 Å². The van der Waals surface area contributed by atoms with Crippen molar-refractivity contribution < 1.29 is 4.79 Å². The lowest BCUT2D eigenvalue weighted by Gasteiger charge is -2.19. The van der Waals surface area contributed by atoms with E-state index in [1.165, 1.54) is 16.8 Å². The highest BCUT2D eigenvalue weighted by molar-refractivity contribution is 5.94. The van der Waals surface area contributed by atoms with Crippen molar-refractivity contribution in [2.24, 2.45) is 5.92 Å². The highest BCUT2D eigenvalue weighted by atomic mass is 16.1. The van der Waals surface area contributed by atoms with Gasteiger partial charge in [-0.05, 0) is 48.1 Å². The SMILES string of the molecule is CC(C)CCNC(=O)c1ccc(CN2CCc3ccccc32)cc1. The van der Waals surface area contributed by atoms with Gasteiger partial charge in [0.1, 0.15) is 0 Å². The van der Waals surface area contributed by atoms with Crippen LogP contribution in [0.3, 0.4) is 0 Å². The first-order chi connectivity index (χ1) is 11.6. The standard InChI is InChI=1S/C21H26N2O/c1-16(2)11-13-22-21(24)19-9-7-17(8-10-19)15-23-14-12-18-5-3-4-6-20(18)23/h3-10,16H,11-15H2,1-2H3,(H,22,24). The van der Waals surface area contributed by atoms with Crippen LogP contribution in [-0.4, -0.2) is 19.0 Å². The molecule has 0 spiro atoms. The second-order valence-electron chi connectivity index (χ2n) is 6.94. The molecule has 1 aliphatic rings. The van der Waals surface area contributed by atoms with Crippen LogP contribution in [0.1, 0.15) is 41.8 Å². The number of nitrogens with one attached hydrogen (secondary N) is 1. The minimum atomic E-state index is 0.0220. The zero-order valence-corrected chi connectivity index (χ0v) is 14.6. The number of hydrogen-bond acceptors (Lipinski definition) is 2. The van der Waals surface area contributed by atoms with Gasteiger partial charge >= 0.3 is 0 Å². The van der Waals surface area contributed by atoms with Gasteiger partial charge in [-0.15, -0.1) is 0 Å². The molecule has 1 heterocycles. The molecule has 0 bridgehead atoms. The first kappa shape index (κ1) is 16.6. The Morgan fingerprint density at radius 3 is 2.62 bits per heavy atom. The molecule has 0 unspecified atom stereocenters. The molecule has 0 aliphatic carbocycles. The number of para-hydroxylation sites is 1. The van der Waals surface area contributed by atoms with Crippen LogP contribution in [0.5, 0.6) is 0 Å². The second-order valence-corrected chi connectivity index (χ2v) is 6.94. The van der Waals surface area contributed by atoms with E-state index in [-0.39, 0.29) is 5.91 Å². The summed E-state index contributed by atoms with van der Waals surface area (Å²) >= 11 is 0. The van der Waals surface area contributed by atoms with Crippen molar-refractivity contribution in [3.05, 3.63) is 65.2 Å². The number of fused-ring (bicyclic) bond motifs is 1. The fourth-order valence-electron chi connectivity index (χ4n) is 3.13. The summed E-state index contributed by atoms with van der Waals surface area (Å²) in [6.45, 7) is 7.03. The highest BCUT2D eigenvalue weighted by Crippen LogP contribution is 2.28. The number of hydrogen-bond donors (Lipinski definition) is 1. The van der Waals surface area contributed by atoms with Crippen molar-refractivity contribution in [3.63, 3.8) is 0 Å². The Bertz CT molecular complexity index is 691. The molecule has 3 nitrogen and oxygen atoms in total. The first-order valence-corrected chi connectivity index (χ1v) is 8.83. The molecule has 1 amide bonds. The maximum absolute atomic E-state index is 12.1. The highest BCUT2D eigenvalue weighted by Gasteiger charge is 2.18. The zero-order chi connectivity index (χ0) is 16.9. The van der Waals surface area contributed by atoms with Crippen LogP contribution < -0.4 is 10.2 Å². The Balaban J connectivity index is 1.58. The number of anilines is 1. The van der Waals surface area contributed by atoms with Gasteiger partial charge in [0.2, 0.25) is 0 Å². The molecular formula is C21H26N2O. The molecule has 1 N–H and O–H groups in total. The molecule has 3 heteroatoms. The van der Waals surface area contributed by atoms with Crippen LogP contribution in [0.15, 0.2) is 48.5 Å². The lowest BCUT2D eigenvalue weighted by Crippen LogP contribution is -2.25. The molecule has 1 aliphatic heterocycles. The predicted octanol–water partition coefficient (Wildman–Crippen LogP) is 4.03. The number of rotatable bonds is 6. The number of amides is 1. The normalized spacial score (nSPS) is 13.2. The molecule has 0 saturated carbocycles. The van der Waals surface area contributed by atoms with Crippen molar-refractivity contribution in [2.75, 3.05) is 18.0 Å². The van der Waals surface area contributed by atoms with Crippen LogP contribution in [0.25, 0.3) is 0 Å². The fourth-order valence-corrected chi connectivity index (χ4v) is 3.13. The smallest absolute Gasteiger partial charge is 0.251 e. The Morgan fingerprint density at radius 2 is 1.88 bits per heavy atom. The van der Waals surface area contributed by atoms with Crippen molar-refractivity contribution in [3.8, 4) is 0 Å². The Labute approximate surface area is 144 Å². The van der Waals surface area contributed by atoms with Gasteiger partial charge in [0.05, 0.1) is 0 Å². The van der Waals surface area contributed by atoms with Gasteiger partial charge in [-0.2, -0.15) is 0 Å². The molecule has 2 aromatic rings. The lowest BCUT2D eigenvalue weighted by atomic mass is 10.1. The maximum atomic E-state index is 12.1. The van der Waals surface area contributed by atoms with E-state index in [0.29, 0.717) is 5.92 Å². The van der Waals surface area contributed by atoms with Gasteiger partial charge in [0.25, 0.3) is 5.91 Å². The van der Waals surface area contributed by atoms with E-state index in [1.54, 1.807) is 0 Å². The van der Waals surface area contributed by atoms with E-state index in [9.17, 15) is 4.79 Å². The van der Waals surface area contributed by atoms with E-state index < -0.39 is 0 Å². The molecule has 3 rings (SSSR count). The lowest BCUT2D eigenvalue weighted by molar-refractivity contribution is 0.0952. The summed E-state index contributed by atoms with van der Waals surface area (Å²) in [7, 11) is 0. The van der Waals surface area contributed by atoms with Crippen molar-refractivity contribution in [2.45, 2.75) is 33.2 Å². The molecule has 0 atom stereocenters. The van der Waals surface area contributed by atoms with Gasteiger partial charge in [0.15, 0.2) is 0 Å². The van der Waals surface area contributed by atoms with Crippen molar-refractivity contribution in [1.29, 1.82) is 0 Å². The van der Waals surface area contributed by atoms with Crippen molar-refractivity contribution in [1.82, 2.24) is 5.32 Å². The van der Waals surface area contributed by atoms with Gasteiger partial charge in [0, 0.05) is 30.9 Å². The molecule has 24 heavy (non-hydrogen) atoms. The third kappa shape index (κ3) is 3.97. The van der Waals surface area contributed by atoms with Crippen molar-refractivity contribution >= 4 is 11.6 Å². The first-order valence-electron chi connectivity index (χ1n) is 8.83. The summed E-state index contributed by atoms with van der Waals surface area (Å²) in [5, 5.41) is 2.99. The Hall–Kier alpha value is -2.29. The average Bonchev–Trinajstić information content (AvgIpc) is 2.98. The third-order valence-electron chi connectivity index (χ3n) is 4.58. The van der Waals surface area contributed by atoms with Gasteiger partial charge in [-0.1, -0.05) is 44.2 Å².